The molecule has 0 bridgehead atoms. The van der Waals surface area contributed by atoms with Crippen molar-refractivity contribution in [1.29, 1.82) is 0 Å². The highest BCUT2D eigenvalue weighted by molar-refractivity contribution is 7.07. The molecule has 0 radical (unpaired) electrons. The Balaban J connectivity index is 0.000000507. The minimum Gasteiger partial charge on any atom is -0.469 e. The lowest BCUT2D eigenvalue weighted by Gasteiger charge is -2.06. The maximum atomic E-state index is 11.1. The fraction of sp³-hybridized carbons (Fsp3) is 0.267. The van der Waals surface area contributed by atoms with Gasteiger partial charge in [0, 0.05) is 5.02 Å². The molecule has 3 nitrogen and oxygen atoms in total. The molecular formula is C15H20ClNO2S. The predicted octanol–water partition coefficient (Wildman–Crippen LogP) is 4.53. The van der Waals surface area contributed by atoms with Crippen molar-refractivity contribution in [1.82, 2.24) is 6.15 Å². The molecule has 0 aliphatic heterocycles. The van der Waals surface area contributed by atoms with Crippen LogP contribution >= 0.6 is 22.9 Å². The van der Waals surface area contributed by atoms with Gasteiger partial charge < -0.3 is 10.9 Å². The van der Waals surface area contributed by atoms with Gasteiger partial charge in [-0.15, -0.1) is 0 Å². The molecule has 5 heteroatoms. The van der Waals surface area contributed by atoms with Gasteiger partial charge in [0.2, 0.25) is 0 Å². The van der Waals surface area contributed by atoms with E-state index in [4.69, 9.17) is 11.6 Å². The zero-order valence-corrected chi connectivity index (χ0v) is 13.3. The second-order valence-corrected chi connectivity index (χ2v) is 4.98. The van der Waals surface area contributed by atoms with E-state index >= 15 is 0 Å². The van der Waals surface area contributed by atoms with Crippen molar-refractivity contribution in [3.63, 3.8) is 0 Å². The van der Waals surface area contributed by atoms with Gasteiger partial charge in [-0.3, -0.25) is 4.79 Å². The molecule has 0 saturated carbocycles. The highest BCUT2D eigenvalue weighted by Crippen LogP contribution is 2.22. The summed E-state index contributed by atoms with van der Waals surface area (Å²) in [5.41, 5.74) is 1.89. The number of methoxy groups -OCH3 is 1. The van der Waals surface area contributed by atoms with Crippen LogP contribution in [0.15, 0.2) is 41.1 Å². The molecule has 0 saturated heterocycles. The number of benzene rings is 1. The maximum Gasteiger partial charge on any atom is 0.310 e. The SMILES string of the molecule is CCc1cccc(CC(=O)OC)c1Cl.N.c1ccsc1. The number of aryl methyl sites for hydroxylation is 1. The molecular weight excluding hydrogens is 294 g/mol. The highest BCUT2D eigenvalue weighted by atomic mass is 35.5. The second-order valence-electron chi connectivity index (χ2n) is 3.79. The van der Waals surface area contributed by atoms with Gasteiger partial charge in [-0.1, -0.05) is 48.9 Å². The molecule has 1 aromatic heterocycles. The van der Waals surface area contributed by atoms with Crippen molar-refractivity contribution < 1.29 is 9.53 Å². The van der Waals surface area contributed by atoms with Gasteiger partial charge in [0.05, 0.1) is 13.5 Å². The zero-order chi connectivity index (χ0) is 14.1. The monoisotopic (exact) mass is 313 g/mol. The Hall–Kier alpha value is -1.36. The maximum absolute atomic E-state index is 11.1. The third kappa shape index (κ3) is 6.19. The van der Waals surface area contributed by atoms with Crippen molar-refractivity contribution >= 4 is 28.9 Å². The molecule has 3 N–H and O–H groups in total. The average molecular weight is 314 g/mol. The van der Waals surface area contributed by atoms with Crippen LogP contribution in [0.2, 0.25) is 5.02 Å². The summed E-state index contributed by atoms with van der Waals surface area (Å²) in [6, 6.07) is 9.75. The van der Waals surface area contributed by atoms with Gasteiger partial charge in [0.1, 0.15) is 0 Å². The standard InChI is InChI=1S/C11H13ClO2.C4H4S.H3N/c1-3-8-5-4-6-9(11(8)12)7-10(13)14-2;1-2-4-5-3-1;/h4-6H,3,7H2,1-2H3;1-4H;1H3. The fourth-order valence-electron chi connectivity index (χ4n) is 1.50. The van der Waals surface area contributed by atoms with Crippen LogP contribution in [-0.4, -0.2) is 13.1 Å². The number of carbonyl (C=O) groups is 1. The van der Waals surface area contributed by atoms with E-state index in [1.165, 1.54) is 7.11 Å². The first-order chi connectivity index (χ1) is 9.19. The number of halogens is 1. The molecule has 2 rings (SSSR count). The predicted molar refractivity (Wildman–Crippen MR) is 85.9 cm³/mol. The van der Waals surface area contributed by atoms with Crippen LogP contribution in [-0.2, 0) is 22.4 Å². The Morgan fingerprint density at radius 1 is 1.20 bits per heavy atom. The van der Waals surface area contributed by atoms with E-state index in [2.05, 4.69) is 4.74 Å². The summed E-state index contributed by atoms with van der Waals surface area (Å²) >= 11 is 7.82. The average Bonchev–Trinajstić information content (AvgIpc) is 3.00. The number of hydrogen-bond donors (Lipinski definition) is 1. The van der Waals surface area contributed by atoms with E-state index in [1.54, 1.807) is 11.3 Å². The molecule has 0 fully saturated rings. The van der Waals surface area contributed by atoms with Gasteiger partial charge >= 0.3 is 5.97 Å². The van der Waals surface area contributed by atoms with Crippen molar-refractivity contribution in [2.75, 3.05) is 7.11 Å². The lowest BCUT2D eigenvalue weighted by molar-refractivity contribution is -0.139. The summed E-state index contributed by atoms with van der Waals surface area (Å²) in [6.45, 7) is 2.03. The Kier molecular flexibility index (Phi) is 9.72. The molecule has 1 heterocycles. The normalized spacial score (nSPS) is 8.95. The van der Waals surface area contributed by atoms with E-state index in [0.717, 1.165) is 17.5 Å². The van der Waals surface area contributed by atoms with Crippen LogP contribution in [0.25, 0.3) is 0 Å². The molecule has 0 aliphatic carbocycles. The Labute approximate surface area is 129 Å². The minimum absolute atomic E-state index is 0. The van der Waals surface area contributed by atoms with E-state index < -0.39 is 0 Å². The van der Waals surface area contributed by atoms with Gasteiger partial charge in [0.25, 0.3) is 0 Å². The van der Waals surface area contributed by atoms with Crippen LogP contribution in [0.1, 0.15) is 18.1 Å². The van der Waals surface area contributed by atoms with Crippen LogP contribution in [0.5, 0.6) is 0 Å². The van der Waals surface area contributed by atoms with E-state index in [1.807, 2.05) is 48.0 Å². The van der Waals surface area contributed by atoms with Crippen LogP contribution in [0.4, 0.5) is 0 Å². The Bertz CT molecular complexity index is 483. The molecule has 0 aliphatic rings. The number of esters is 1. The quantitative estimate of drug-likeness (QED) is 0.847. The lowest BCUT2D eigenvalue weighted by Crippen LogP contribution is -2.05. The molecule has 1 aromatic carbocycles. The smallest absolute Gasteiger partial charge is 0.310 e. The molecule has 0 atom stereocenters. The van der Waals surface area contributed by atoms with E-state index in [9.17, 15) is 4.79 Å². The first-order valence-corrected chi connectivity index (χ1v) is 7.31. The van der Waals surface area contributed by atoms with Crippen LogP contribution in [0.3, 0.4) is 0 Å². The molecule has 110 valence electrons. The molecule has 20 heavy (non-hydrogen) atoms. The fourth-order valence-corrected chi connectivity index (χ4v) is 2.28. The molecule has 0 unspecified atom stereocenters. The van der Waals surface area contributed by atoms with Crippen molar-refractivity contribution in [3.05, 3.63) is 57.2 Å². The molecule has 0 spiro atoms. The number of thiophene rings is 1. The zero-order valence-electron chi connectivity index (χ0n) is 11.8. The Morgan fingerprint density at radius 2 is 1.80 bits per heavy atom. The molecule has 0 amide bonds. The third-order valence-electron chi connectivity index (χ3n) is 2.53. The first kappa shape index (κ1) is 18.6. The van der Waals surface area contributed by atoms with Gasteiger partial charge in [0.15, 0.2) is 0 Å². The third-order valence-corrected chi connectivity index (χ3v) is 3.64. The van der Waals surface area contributed by atoms with Crippen molar-refractivity contribution in [3.8, 4) is 0 Å². The topological polar surface area (TPSA) is 61.3 Å². The first-order valence-electron chi connectivity index (χ1n) is 5.99. The van der Waals surface area contributed by atoms with E-state index in [0.29, 0.717) is 5.02 Å². The Morgan fingerprint density at radius 3 is 2.25 bits per heavy atom. The summed E-state index contributed by atoms with van der Waals surface area (Å²) in [5.74, 6) is -0.264. The van der Waals surface area contributed by atoms with Crippen LogP contribution in [0, 0.1) is 0 Å². The number of ether oxygens (including phenoxy) is 1. The highest BCUT2D eigenvalue weighted by Gasteiger charge is 2.08. The largest absolute Gasteiger partial charge is 0.469 e. The number of rotatable bonds is 3. The number of carbonyl (C=O) groups excluding carboxylic acids is 1. The summed E-state index contributed by atoms with van der Waals surface area (Å²) in [4.78, 5) is 11.1. The van der Waals surface area contributed by atoms with Crippen LogP contribution < -0.4 is 6.15 Å². The second kappa shape index (κ2) is 10.4. The summed E-state index contributed by atoms with van der Waals surface area (Å²) < 4.78 is 4.59. The summed E-state index contributed by atoms with van der Waals surface area (Å²) in [6.07, 6.45) is 1.11. The summed E-state index contributed by atoms with van der Waals surface area (Å²) in [5, 5.41) is 4.76. The summed E-state index contributed by atoms with van der Waals surface area (Å²) in [7, 11) is 1.37. The number of hydrogen-bond acceptors (Lipinski definition) is 4. The minimum atomic E-state index is -0.264. The van der Waals surface area contributed by atoms with Gasteiger partial charge in [-0.25, -0.2) is 0 Å². The molecule has 2 aromatic rings. The van der Waals surface area contributed by atoms with Gasteiger partial charge in [-0.2, -0.15) is 11.3 Å². The van der Waals surface area contributed by atoms with E-state index in [-0.39, 0.29) is 18.5 Å². The van der Waals surface area contributed by atoms with Crippen molar-refractivity contribution in [2.45, 2.75) is 19.8 Å². The van der Waals surface area contributed by atoms with Gasteiger partial charge in [-0.05, 0) is 28.3 Å². The lowest BCUT2D eigenvalue weighted by atomic mass is 10.1. The van der Waals surface area contributed by atoms with Crippen molar-refractivity contribution in [2.24, 2.45) is 0 Å².